The Labute approximate surface area is 60.7 Å². The normalized spacial score (nSPS) is 9.50. The van der Waals surface area contributed by atoms with Crippen molar-refractivity contribution >= 4 is 7.92 Å². The first-order valence-corrected chi connectivity index (χ1v) is 3.47. The largest absolute Gasteiger partial charge is 1.00 e. The van der Waals surface area contributed by atoms with E-state index in [1.54, 1.807) is 0 Å². The molecule has 3 nitrogen and oxygen atoms in total. The third-order valence-corrected chi connectivity index (χ3v) is 1.59. The maximum Gasteiger partial charge on any atom is -1.00 e. The Morgan fingerprint density at radius 3 is 2.40 bits per heavy atom. The van der Waals surface area contributed by atoms with Crippen LogP contribution in [0.2, 0.25) is 0 Å². The minimum absolute atomic E-state index is 0. The van der Waals surface area contributed by atoms with E-state index in [1.807, 2.05) is 14.1 Å². The number of quaternary nitrogens is 1. The van der Waals surface area contributed by atoms with Crippen molar-refractivity contribution in [3.05, 3.63) is 0 Å². The van der Waals surface area contributed by atoms with E-state index >= 15 is 0 Å². The van der Waals surface area contributed by atoms with Gasteiger partial charge in [-0.1, -0.05) is 0 Å². The summed E-state index contributed by atoms with van der Waals surface area (Å²) < 4.78 is 10.3. The standard InChI is InChI=1S/C5H11NO2P.FH/c1-6(2,3-4-7)5-9-8;/h7H,3-4H2,1-2H3;1H/q+1;/p-1. The summed E-state index contributed by atoms with van der Waals surface area (Å²) in [5.74, 6) is 2.62. The quantitative estimate of drug-likeness (QED) is 0.358. The van der Waals surface area contributed by atoms with Crippen LogP contribution in [0.3, 0.4) is 0 Å². The van der Waals surface area contributed by atoms with Gasteiger partial charge in [-0.05, 0) is 0 Å². The fourth-order valence-electron chi connectivity index (χ4n) is 0.411. The molecule has 60 valence electrons. The van der Waals surface area contributed by atoms with E-state index in [4.69, 9.17) is 5.11 Å². The number of likely N-dealkylation sites (N-methyl/N-ethyl adjacent to an activating group) is 1. The summed E-state index contributed by atoms with van der Waals surface area (Å²) in [4.78, 5) is 0. The van der Waals surface area contributed by atoms with Crippen molar-refractivity contribution in [2.75, 3.05) is 27.2 Å². The smallest absolute Gasteiger partial charge is 1.00 e. The minimum atomic E-state index is -0.105. The molecule has 0 fully saturated rings. The van der Waals surface area contributed by atoms with Gasteiger partial charge >= 0.3 is 55.1 Å². The number of hydrogen-bond donors (Lipinski definition) is 1. The van der Waals surface area contributed by atoms with E-state index in [-0.39, 0.29) is 19.2 Å². The van der Waals surface area contributed by atoms with Gasteiger partial charge in [-0.25, -0.2) is 0 Å². The second-order valence-electron chi connectivity index (χ2n) is 2.32. The molecule has 0 aromatic heterocycles. The van der Waals surface area contributed by atoms with Gasteiger partial charge in [-0.2, -0.15) is 0 Å². The zero-order chi connectivity index (χ0) is 7.33. The first-order valence-electron chi connectivity index (χ1n) is 2.66. The molecule has 1 N–H and O–H groups in total. The van der Waals surface area contributed by atoms with E-state index in [1.165, 1.54) is 0 Å². The zero-order valence-corrected chi connectivity index (χ0v) is 6.94. The number of halogens is 1. The average Bonchev–Trinajstić information content (AvgIpc) is 1.64. The first-order chi connectivity index (χ1) is 4.12. The second-order valence-corrected chi connectivity index (χ2v) is 2.71. The maximum atomic E-state index is 9.98. The molecule has 0 aliphatic carbocycles. The second kappa shape index (κ2) is 5.63. The Hall–Kier alpha value is -0.140. The van der Waals surface area contributed by atoms with Gasteiger partial charge in [0, 0.05) is 0 Å². The molecule has 0 aliphatic rings. The summed E-state index contributed by atoms with van der Waals surface area (Å²) in [7, 11) is 3.54. The Bertz CT molecular complexity index is 175. The molecule has 0 spiro atoms. The molecular weight excluding hydrogens is 156 g/mol. The Morgan fingerprint density at radius 2 is 2.10 bits per heavy atom. The Kier molecular flexibility index (Phi) is 7.05. The molecular formula is C5H11FNO2P. The zero-order valence-electron chi connectivity index (χ0n) is 6.04. The molecule has 10 heavy (non-hydrogen) atoms. The first kappa shape index (κ1) is 12.5. The molecule has 0 atom stereocenters. The average molecular weight is 167 g/mol. The summed E-state index contributed by atoms with van der Waals surface area (Å²) in [6, 6.07) is 0. The molecule has 0 aromatic rings. The Morgan fingerprint density at radius 1 is 1.60 bits per heavy atom. The SMILES string of the molecule is C[N+](C)(C#P=O)CCO.[F-]. The molecule has 0 amide bonds. The van der Waals surface area contributed by atoms with E-state index < -0.39 is 0 Å². The molecule has 0 rings (SSSR count). The summed E-state index contributed by atoms with van der Waals surface area (Å²) in [6.07, 6.45) is 0. The van der Waals surface area contributed by atoms with Gasteiger partial charge < -0.3 is 4.70 Å². The van der Waals surface area contributed by atoms with Crippen LogP contribution in [0.15, 0.2) is 0 Å². The van der Waals surface area contributed by atoms with Crippen molar-refractivity contribution in [3.63, 3.8) is 0 Å². The molecule has 0 bridgehead atoms. The molecule has 0 saturated heterocycles. The fourth-order valence-corrected chi connectivity index (χ4v) is 0.732. The van der Waals surface area contributed by atoms with Gasteiger partial charge in [0.05, 0.1) is 0 Å². The summed E-state index contributed by atoms with van der Waals surface area (Å²) >= 11 is 0. The summed E-state index contributed by atoms with van der Waals surface area (Å²) in [5, 5.41) is 8.47. The van der Waals surface area contributed by atoms with Crippen LogP contribution >= 0.6 is 7.92 Å². The molecule has 0 radical (unpaired) electrons. The number of aliphatic hydroxyl groups excluding tert-OH is 1. The van der Waals surface area contributed by atoms with Crippen molar-refractivity contribution in [1.29, 1.82) is 0 Å². The van der Waals surface area contributed by atoms with Crippen LogP contribution in [0.5, 0.6) is 0 Å². The molecule has 0 heterocycles. The third kappa shape index (κ3) is 5.99. The number of rotatable bonds is 2. The van der Waals surface area contributed by atoms with Gasteiger partial charge in [0.15, 0.2) is 0 Å². The summed E-state index contributed by atoms with van der Waals surface area (Å²) in [6.45, 7) is 0.644. The van der Waals surface area contributed by atoms with Gasteiger partial charge in [-0.3, -0.25) is 0 Å². The molecule has 5 heteroatoms. The predicted octanol–water partition coefficient (Wildman–Crippen LogP) is -2.73. The maximum absolute atomic E-state index is 9.98. The van der Waals surface area contributed by atoms with E-state index in [2.05, 4.69) is 5.75 Å². The third-order valence-electron chi connectivity index (χ3n) is 0.971. The predicted molar refractivity (Wildman–Crippen MR) is 35.6 cm³/mol. The number of aliphatic hydroxyl groups is 1. The van der Waals surface area contributed by atoms with Crippen molar-refractivity contribution in [1.82, 2.24) is 0 Å². The van der Waals surface area contributed by atoms with Gasteiger partial charge in [-0.15, -0.1) is 0 Å². The van der Waals surface area contributed by atoms with E-state index in [0.717, 1.165) is 0 Å². The van der Waals surface area contributed by atoms with Crippen LogP contribution < -0.4 is 4.70 Å². The fraction of sp³-hybridized carbons (Fsp3) is 0.800. The molecule has 0 aromatic carbocycles. The van der Waals surface area contributed by atoms with E-state index in [0.29, 0.717) is 11.0 Å². The minimum Gasteiger partial charge on any atom is -1.00 e. The van der Waals surface area contributed by atoms with Gasteiger partial charge in [0.2, 0.25) is 0 Å². The van der Waals surface area contributed by atoms with Crippen LogP contribution in [0, 0.1) is 5.75 Å². The van der Waals surface area contributed by atoms with Crippen molar-refractivity contribution < 1.29 is 18.9 Å². The number of nitrogens with zero attached hydrogens (tertiary/aromatic N) is 1. The monoisotopic (exact) mass is 167 g/mol. The number of hydrogen-bond acceptors (Lipinski definition) is 2. The Balaban J connectivity index is 0. The van der Waals surface area contributed by atoms with Crippen LogP contribution in [-0.4, -0.2) is 36.8 Å². The molecule has 0 saturated carbocycles. The van der Waals surface area contributed by atoms with Crippen molar-refractivity contribution in [2.24, 2.45) is 0 Å². The van der Waals surface area contributed by atoms with Crippen LogP contribution in [0.4, 0.5) is 0 Å². The van der Waals surface area contributed by atoms with E-state index in [9.17, 15) is 4.57 Å². The summed E-state index contributed by atoms with van der Waals surface area (Å²) in [5.41, 5.74) is 0. The molecule has 0 unspecified atom stereocenters. The van der Waals surface area contributed by atoms with Crippen molar-refractivity contribution in [3.8, 4) is 5.75 Å². The van der Waals surface area contributed by atoms with Crippen LogP contribution in [-0.2, 0) is 4.57 Å². The van der Waals surface area contributed by atoms with Gasteiger partial charge in [0.1, 0.15) is 0 Å². The van der Waals surface area contributed by atoms with Crippen LogP contribution in [0.25, 0.3) is 0 Å². The van der Waals surface area contributed by atoms with Crippen LogP contribution in [0.1, 0.15) is 0 Å². The van der Waals surface area contributed by atoms with Gasteiger partial charge in [0.25, 0.3) is 0 Å². The molecule has 0 aliphatic heterocycles. The topological polar surface area (TPSA) is 37.3 Å². The van der Waals surface area contributed by atoms with Crippen molar-refractivity contribution in [2.45, 2.75) is 0 Å².